The lowest BCUT2D eigenvalue weighted by atomic mass is 9.88. The molecule has 92 valence electrons. The van der Waals surface area contributed by atoms with Crippen molar-refractivity contribution in [2.45, 2.75) is 51.0 Å². The van der Waals surface area contributed by atoms with E-state index in [2.05, 4.69) is 23.1 Å². The minimum atomic E-state index is 0.633. The lowest BCUT2D eigenvalue weighted by molar-refractivity contribution is 0.307. The van der Waals surface area contributed by atoms with E-state index in [1.807, 2.05) is 0 Å². The van der Waals surface area contributed by atoms with Crippen LogP contribution in [0.2, 0.25) is 0 Å². The number of hydrogen-bond donors (Lipinski definition) is 0. The third-order valence-corrected chi connectivity index (χ3v) is 4.11. The second-order valence-electron chi connectivity index (χ2n) is 5.52. The van der Waals surface area contributed by atoms with Gasteiger partial charge in [-0.3, -0.25) is 0 Å². The summed E-state index contributed by atoms with van der Waals surface area (Å²) in [4.78, 5) is 11.8. The first-order chi connectivity index (χ1) is 8.33. The van der Waals surface area contributed by atoms with Gasteiger partial charge in [0.1, 0.15) is 5.82 Å². The van der Waals surface area contributed by atoms with Crippen LogP contribution in [0.3, 0.4) is 0 Å². The van der Waals surface area contributed by atoms with Gasteiger partial charge in [-0.25, -0.2) is 9.97 Å². The van der Waals surface area contributed by atoms with Crippen LogP contribution in [0.25, 0.3) is 0 Å². The number of rotatable bonds is 1. The molecule has 2 heterocycles. The third-order valence-electron chi connectivity index (χ3n) is 4.11. The Kier molecular flexibility index (Phi) is 3.10. The van der Waals surface area contributed by atoms with Crippen LogP contribution in [0.4, 0.5) is 0 Å². The molecule has 0 N–H and O–H groups in total. The molecule has 0 saturated heterocycles. The number of hydrogen-bond acceptors (Lipinski definition) is 3. The molecule has 2 aliphatic rings. The van der Waals surface area contributed by atoms with E-state index in [0.717, 1.165) is 25.3 Å². The van der Waals surface area contributed by atoms with Gasteiger partial charge in [0.15, 0.2) is 0 Å². The van der Waals surface area contributed by atoms with Crippen molar-refractivity contribution in [1.29, 1.82) is 0 Å². The number of fused-ring (bicyclic) bond motifs is 1. The lowest BCUT2D eigenvalue weighted by Gasteiger charge is -2.26. The fraction of sp³-hybridized carbons (Fsp3) is 0.714. The van der Waals surface area contributed by atoms with Gasteiger partial charge in [-0.1, -0.05) is 19.3 Å². The number of nitrogens with zero attached hydrogens (tertiary/aromatic N) is 3. The summed E-state index contributed by atoms with van der Waals surface area (Å²) >= 11 is 0. The van der Waals surface area contributed by atoms with E-state index in [9.17, 15) is 0 Å². The molecule has 1 aromatic heterocycles. The molecule has 1 aromatic rings. The average Bonchev–Trinajstić information content (AvgIpc) is 2.39. The first-order valence-electron chi connectivity index (χ1n) is 6.86. The van der Waals surface area contributed by atoms with Crippen molar-refractivity contribution >= 4 is 0 Å². The second-order valence-corrected chi connectivity index (χ2v) is 5.52. The Labute approximate surface area is 103 Å². The smallest absolute Gasteiger partial charge is 0.131 e. The maximum atomic E-state index is 4.83. The molecule has 3 heteroatoms. The van der Waals surface area contributed by atoms with E-state index in [4.69, 9.17) is 4.98 Å². The molecule has 0 atom stereocenters. The maximum absolute atomic E-state index is 4.83. The molecule has 0 aromatic carbocycles. The summed E-state index contributed by atoms with van der Waals surface area (Å²) < 4.78 is 0. The lowest BCUT2D eigenvalue weighted by Crippen LogP contribution is -2.28. The molecule has 0 bridgehead atoms. The van der Waals surface area contributed by atoms with Gasteiger partial charge in [0.05, 0.1) is 0 Å². The zero-order chi connectivity index (χ0) is 11.7. The van der Waals surface area contributed by atoms with Crippen LogP contribution in [0.15, 0.2) is 6.20 Å². The quantitative estimate of drug-likeness (QED) is 0.743. The van der Waals surface area contributed by atoms with Crippen LogP contribution in [-0.4, -0.2) is 28.5 Å². The normalized spacial score (nSPS) is 22.4. The second kappa shape index (κ2) is 4.73. The fourth-order valence-electron chi connectivity index (χ4n) is 3.03. The number of likely N-dealkylation sites (N-methyl/N-ethyl adjacent to an activating group) is 1. The highest BCUT2D eigenvalue weighted by Crippen LogP contribution is 2.31. The zero-order valence-corrected chi connectivity index (χ0v) is 10.7. The first-order valence-corrected chi connectivity index (χ1v) is 6.86. The van der Waals surface area contributed by atoms with Gasteiger partial charge in [0, 0.05) is 42.9 Å². The van der Waals surface area contributed by atoms with Crippen molar-refractivity contribution < 1.29 is 0 Å². The molecule has 1 aliphatic heterocycles. The van der Waals surface area contributed by atoms with Gasteiger partial charge in [0.25, 0.3) is 0 Å². The van der Waals surface area contributed by atoms with Gasteiger partial charge in [-0.05, 0) is 19.9 Å². The van der Waals surface area contributed by atoms with Crippen LogP contribution < -0.4 is 0 Å². The molecule has 17 heavy (non-hydrogen) atoms. The molecule has 0 spiro atoms. The highest BCUT2D eigenvalue weighted by molar-refractivity contribution is 5.21. The maximum Gasteiger partial charge on any atom is 0.131 e. The van der Waals surface area contributed by atoms with Crippen LogP contribution >= 0.6 is 0 Å². The number of aromatic nitrogens is 2. The SMILES string of the molecule is CN1CCc2nc(C3CCCCC3)ncc2C1. The van der Waals surface area contributed by atoms with E-state index in [1.54, 1.807) is 0 Å². The fourth-order valence-corrected chi connectivity index (χ4v) is 3.03. The predicted molar refractivity (Wildman–Crippen MR) is 67.9 cm³/mol. The monoisotopic (exact) mass is 231 g/mol. The topological polar surface area (TPSA) is 29.0 Å². The first kappa shape index (κ1) is 11.1. The Morgan fingerprint density at radius 2 is 2.06 bits per heavy atom. The van der Waals surface area contributed by atoms with Gasteiger partial charge in [0.2, 0.25) is 0 Å². The van der Waals surface area contributed by atoms with Crippen molar-refractivity contribution in [3.63, 3.8) is 0 Å². The minimum absolute atomic E-state index is 0.633. The summed E-state index contributed by atoms with van der Waals surface area (Å²) in [5, 5.41) is 0. The molecular weight excluding hydrogens is 210 g/mol. The van der Waals surface area contributed by atoms with Crippen molar-refractivity contribution in [3.8, 4) is 0 Å². The van der Waals surface area contributed by atoms with Crippen LogP contribution in [0.5, 0.6) is 0 Å². The minimum Gasteiger partial charge on any atom is -0.302 e. The largest absolute Gasteiger partial charge is 0.302 e. The molecule has 3 nitrogen and oxygen atoms in total. The van der Waals surface area contributed by atoms with Crippen molar-refractivity contribution in [3.05, 3.63) is 23.3 Å². The van der Waals surface area contributed by atoms with Gasteiger partial charge >= 0.3 is 0 Å². The molecule has 1 saturated carbocycles. The van der Waals surface area contributed by atoms with Crippen molar-refractivity contribution in [2.75, 3.05) is 13.6 Å². The van der Waals surface area contributed by atoms with E-state index < -0.39 is 0 Å². The third kappa shape index (κ3) is 2.34. The summed E-state index contributed by atoms with van der Waals surface area (Å²) in [7, 11) is 2.16. The molecular formula is C14H21N3. The summed E-state index contributed by atoms with van der Waals surface area (Å²) in [5.74, 6) is 1.75. The van der Waals surface area contributed by atoms with Gasteiger partial charge in [-0.2, -0.15) is 0 Å². The Morgan fingerprint density at radius 1 is 1.24 bits per heavy atom. The van der Waals surface area contributed by atoms with Crippen LogP contribution in [0, 0.1) is 0 Å². The van der Waals surface area contributed by atoms with Crippen molar-refractivity contribution in [1.82, 2.24) is 14.9 Å². The molecule has 0 amide bonds. The summed E-state index contributed by atoms with van der Waals surface area (Å²) in [6, 6.07) is 0. The molecule has 0 radical (unpaired) electrons. The van der Waals surface area contributed by atoms with E-state index in [-0.39, 0.29) is 0 Å². The molecule has 1 fully saturated rings. The van der Waals surface area contributed by atoms with E-state index in [0.29, 0.717) is 5.92 Å². The highest BCUT2D eigenvalue weighted by atomic mass is 15.1. The zero-order valence-electron chi connectivity index (χ0n) is 10.7. The Balaban J connectivity index is 1.82. The van der Waals surface area contributed by atoms with Gasteiger partial charge < -0.3 is 4.90 Å². The standard InChI is InChI=1S/C14H21N3/c1-17-8-7-13-12(10-17)9-15-14(16-13)11-5-3-2-4-6-11/h9,11H,2-8,10H2,1H3. The molecule has 3 rings (SSSR count). The summed E-state index contributed by atoms with van der Waals surface area (Å²) in [5.41, 5.74) is 2.64. The highest BCUT2D eigenvalue weighted by Gasteiger charge is 2.21. The Hall–Kier alpha value is -0.960. The summed E-state index contributed by atoms with van der Waals surface area (Å²) in [6.45, 7) is 2.15. The Bertz CT molecular complexity index is 396. The van der Waals surface area contributed by atoms with Crippen molar-refractivity contribution in [2.24, 2.45) is 0 Å². The van der Waals surface area contributed by atoms with Crippen LogP contribution in [0.1, 0.15) is 55.1 Å². The molecule has 0 unspecified atom stereocenters. The van der Waals surface area contributed by atoms with E-state index >= 15 is 0 Å². The van der Waals surface area contributed by atoms with Gasteiger partial charge in [-0.15, -0.1) is 0 Å². The van der Waals surface area contributed by atoms with E-state index in [1.165, 1.54) is 43.4 Å². The van der Waals surface area contributed by atoms with Crippen LogP contribution in [-0.2, 0) is 13.0 Å². The predicted octanol–water partition coefficient (Wildman–Crippen LogP) is 2.51. The summed E-state index contributed by atoms with van der Waals surface area (Å²) in [6.07, 6.45) is 9.85. The Morgan fingerprint density at radius 3 is 2.88 bits per heavy atom. The average molecular weight is 231 g/mol. The molecule has 1 aliphatic carbocycles.